The molecule has 7 nitrogen and oxygen atoms in total. The summed E-state index contributed by atoms with van der Waals surface area (Å²) in [4.78, 5) is 29.5. The fraction of sp³-hybridized carbons (Fsp3) is 0.211. The van der Waals surface area contributed by atoms with Crippen molar-refractivity contribution in [2.75, 3.05) is 5.32 Å². The number of carbonyl (C=O) groups excluding carboxylic acids is 1. The van der Waals surface area contributed by atoms with Gasteiger partial charge in [-0.1, -0.05) is 0 Å². The smallest absolute Gasteiger partial charge is 0.267 e. The normalized spacial score (nSPS) is 15.7. The molecule has 1 aromatic carbocycles. The summed E-state index contributed by atoms with van der Waals surface area (Å²) in [5, 5.41) is 22.8. The van der Waals surface area contributed by atoms with E-state index in [-0.39, 0.29) is 23.0 Å². The van der Waals surface area contributed by atoms with Gasteiger partial charge in [0, 0.05) is 17.6 Å². The number of hydrogen-bond acceptors (Lipinski definition) is 5. The van der Waals surface area contributed by atoms with Crippen molar-refractivity contribution < 1.29 is 19.4 Å². The van der Waals surface area contributed by atoms with E-state index in [1.807, 2.05) is 6.92 Å². The van der Waals surface area contributed by atoms with Gasteiger partial charge in [-0.2, -0.15) is 0 Å². The van der Waals surface area contributed by atoms with E-state index in [0.29, 0.717) is 23.9 Å². The van der Waals surface area contributed by atoms with Crippen LogP contribution < -0.4 is 10.9 Å². The van der Waals surface area contributed by atoms with E-state index in [1.54, 1.807) is 0 Å². The Bertz CT molecular complexity index is 1160. The average Bonchev–Trinajstić information content (AvgIpc) is 2.62. The number of carbonyl (C=O) groups is 1. The lowest BCUT2D eigenvalue weighted by atomic mass is 9.95. The van der Waals surface area contributed by atoms with Gasteiger partial charge in [0.15, 0.2) is 11.6 Å². The molecule has 0 radical (unpaired) electrons. The molecule has 0 aliphatic carbocycles. The number of halogens is 1. The first kappa shape index (κ1) is 17.0. The summed E-state index contributed by atoms with van der Waals surface area (Å²) >= 11 is 0. The van der Waals surface area contributed by atoms with Gasteiger partial charge in [-0.25, -0.2) is 9.37 Å². The molecular formula is C19H16FN3O4. The van der Waals surface area contributed by atoms with E-state index in [9.17, 15) is 24.2 Å². The van der Waals surface area contributed by atoms with Crippen molar-refractivity contribution in [3.8, 4) is 11.5 Å². The molecule has 3 aromatic rings. The summed E-state index contributed by atoms with van der Waals surface area (Å²) in [6.07, 6.45) is 2.54. The Balaban J connectivity index is 1.96. The minimum absolute atomic E-state index is 0.103. The van der Waals surface area contributed by atoms with Crippen LogP contribution in [0.3, 0.4) is 0 Å². The number of nitrogens with zero attached hydrogens (tertiary/aromatic N) is 2. The van der Waals surface area contributed by atoms with E-state index in [0.717, 1.165) is 6.07 Å². The van der Waals surface area contributed by atoms with Crippen LogP contribution in [0.2, 0.25) is 0 Å². The molecular weight excluding hydrogens is 353 g/mol. The standard InChI is InChI=1S/C19H16FN3O4/c1-9-4-5-10-7-11(20)8-12-15(10)23(9)19(27)14(16(12)25)18(26)22-17-13(24)3-2-6-21-17/h2-3,6-9,24-25H,4-5H2,1H3,(H,21,22,26)/t9-/m1/s1. The molecule has 1 atom stereocenters. The molecule has 1 amide bonds. The second-order valence-corrected chi connectivity index (χ2v) is 6.57. The van der Waals surface area contributed by atoms with Crippen LogP contribution in [0.25, 0.3) is 10.9 Å². The van der Waals surface area contributed by atoms with Gasteiger partial charge < -0.3 is 20.1 Å². The van der Waals surface area contributed by atoms with Crippen LogP contribution in [-0.2, 0) is 6.42 Å². The van der Waals surface area contributed by atoms with Gasteiger partial charge in [0.2, 0.25) is 0 Å². The molecule has 0 fully saturated rings. The molecule has 0 unspecified atom stereocenters. The van der Waals surface area contributed by atoms with Crippen LogP contribution in [-0.4, -0.2) is 25.7 Å². The van der Waals surface area contributed by atoms with E-state index in [4.69, 9.17) is 0 Å². The van der Waals surface area contributed by atoms with Gasteiger partial charge in [-0.05, 0) is 49.6 Å². The number of aryl methyl sites for hydroxylation is 1. The molecule has 0 spiro atoms. The molecule has 4 rings (SSSR count). The predicted molar refractivity (Wildman–Crippen MR) is 96.7 cm³/mol. The number of rotatable bonds is 2. The number of benzene rings is 1. The maximum atomic E-state index is 14.0. The summed E-state index contributed by atoms with van der Waals surface area (Å²) in [5.41, 5.74) is -0.134. The number of aromatic nitrogens is 2. The molecule has 2 aromatic heterocycles. The third kappa shape index (κ3) is 2.61. The van der Waals surface area contributed by atoms with Crippen LogP contribution in [0, 0.1) is 5.82 Å². The van der Waals surface area contributed by atoms with Crippen molar-refractivity contribution in [2.24, 2.45) is 0 Å². The number of aromatic hydroxyl groups is 2. The first-order valence-electron chi connectivity index (χ1n) is 8.43. The monoisotopic (exact) mass is 369 g/mol. The second kappa shape index (κ2) is 6.08. The maximum Gasteiger partial charge on any atom is 0.267 e. The third-order valence-corrected chi connectivity index (χ3v) is 4.84. The van der Waals surface area contributed by atoms with Crippen LogP contribution >= 0.6 is 0 Å². The molecule has 27 heavy (non-hydrogen) atoms. The topological polar surface area (TPSA) is 104 Å². The average molecular weight is 369 g/mol. The molecule has 8 heteroatoms. The first-order valence-corrected chi connectivity index (χ1v) is 8.43. The van der Waals surface area contributed by atoms with Crippen molar-refractivity contribution in [3.63, 3.8) is 0 Å². The highest BCUT2D eigenvalue weighted by atomic mass is 19.1. The Labute approximate surface area is 152 Å². The molecule has 0 saturated heterocycles. The molecule has 1 aliphatic heterocycles. The second-order valence-electron chi connectivity index (χ2n) is 6.57. The third-order valence-electron chi connectivity index (χ3n) is 4.84. The highest BCUT2D eigenvalue weighted by Crippen LogP contribution is 2.36. The zero-order valence-electron chi connectivity index (χ0n) is 14.4. The maximum absolute atomic E-state index is 14.0. The Morgan fingerprint density at radius 1 is 1.37 bits per heavy atom. The van der Waals surface area contributed by atoms with Crippen LogP contribution in [0.4, 0.5) is 10.2 Å². The van der Waals surface area contributed by atoms with Crippen molar-refractivity contribution in [2.45, 2.75) is 25.8 Å². The Morgan fingerprint density at radius 3 is 2.89 bits per heavy atom. The van der Waals surface area contributed by atoms with Crippen LogP contribution in [0.1, 0.15) is 35.3 Å². The van der Waals surface area contributed by atoms with Crippen LogP contribution in [0.15, 0.2) is 35.3 Å². The SMILES string of the molecule is C[C@@H]1CCc2cc(F)cc3c(O)c(C(=O)Nc4ncccc4O)c(=O)n1c23. The fourth-order valence-corrected chi connectivity index (χ4v) is 3.55. The zero-order valence-corrected chi connectivity index (χ0v) is 14.4. The van der Waals surface area contributed by atoms with E-state index >= 15 is 0 Å². The van der Waals surface area contributed by atoms with E-state index in [1.165, 1.54) is 29.0 Å². The quantitative estimate of drug-likeness (QED) is 0.644. The predicted octanol–water partition coefficient (Wildman–Crippen LogP) is 2.71. The molecule has 0 saturated carbocycles. The highest BCUT2D eigenvalue weighted by Gasteiger charge is 2.29. The van der Waals surface area contributed by atoms with Gasteiger partial charge in [-0.3, -0.25) is 9.59 Å². The van der Waals surface area contributed by atoms with Crippen molar-refractivity contribution in [1.82, 2.24) is 9.55 Å². The van der Waals surface area contributed by atoms with Gasteiger partial charge in [0.25, 0.3) is 11.5 Å². The summed E-state index contributed by atoms with van der Waals surface area (Å²) in [6.45, 7) is 1.83. The lowest BCUT2D eigenvalue weighted by Gasteiger charge is -2.26. The summed E-state index contributed by atoms with van der Waals surface area (Å²) in [5.74, 6) is -2.50. The molecule has 3 N–H and O–H groups in total. The molecule has 138 valence electrons. The minimum atomic E-state index is -0.930. The summed E-state index contributed by atoms with van der Waals surface area (Å²) in [7, 11) is 0. The minimum Gasteiger partial charge on any atom is -0.506 e. The summed E-state index contributed by atoms with van der Waals surface area (Å²) < 4.78 is 15.4. The lowest BCUT2D eigenvalue weighted by Crippen LogP contribution is -2.33. The number of hydrogen-bond donors (Lipinski definition) is 3. The first-order chi connectivity index (χ1) is 12.9. The molecule has 1 aliphatic rings. The van der Waals surface area contributed by atoms with Gasteiger partial charge in [0.05, 0.1) is 5.52 Å². The lowest BCUT2D eigenvalue weighted by molar-refractivity contribution is 0.102. The largest absolute Gasteiger partial charge is 0.506 e. The van der Waals surface area contributed by atoms with Gasteiger partial charge in [0.1, 0.15) is 17.1 Å². The Morgan fingerprint density at radius 2 is 2.15 bits per heavy atom. The van der Waals surface area contributed by atoms with Gasteiger partial charge >= 0.3 is 0 Å². The number of pyridine rings is 2. The van der Waals surface area contributed by atoms with Crippen LogP contribution in [0.5, 0.6) is 11.5 Å². The van der Waals surface area contributed by atoms with E-state index in [2.05, 4.69) is 10.3 Å². The van der Waals surface area contributed by atoms with Gasteiger partial charge in [-0.15, -0.1) is 0 Å². The molecule has 3 heterocycles. The molecule has 0 bridgehead atoms. The Hall–Kier alpha value is -3.42. The highest BCUT2D eigenvalue weighted by molar-refractivity contribution is 6.09. The zero-order chi connectivity index (χ0) is 19.3. The van der Waals surface area contributed by atoms with Crippen molar-refractivity contribution in [1.29, 1.82) is 0 Å². The Kier molecular flexibility index (Phi) is 3.83. The van der Waals surface area contributed by atoms with E-state index < -0.39 is 28.6 Å². The van der Waals surface area contributed by atoms with Crippen molar-refractivity contribution in [3.05, 3.63) is 57.8 Å². The number of amides is 1. The number of nitrogens with one attached hydrogen (secondary N) is 1. The number of anilines is 1. The van der Waals surface area contributed by atoms with Crippen molar-refractivity contribution >= 4 is 22.6 Å². The fourth-order valence-electron chi connectivity index (χ4n) is 3.55. The summed E-state index contributed by atoms with van der Waals surface area (Å²) in [6, 6.07) is 5.03.